The quantitative estimate of drug-likeness (QED) is 0.102. The van der Waals surface area contributed by atoms with E-state index in [1.165, 1.54) is 98.4 Å². The molecule has 20 rings (SSSR count). The lowest BCUT2D eigenvalue weighted by atomic mass is 10.0. The Balaban J connectivity index is 0.000000175. The maximum absolute atomic E-state index is 2.36. The fraction of sp³-hybridized carbons (Fsp3) is 0. The number of benzene rings is 18. The van der Waals surface area contributed by atoms with Gasteiger partial charge in [-0.25, -0.2) is 0 Å². The number of anilines is 12. The van der Waals surface area contributed by atoms with Crippen molar-refractivity contribution in [3.8, 4) is 22.5 Å². The van der Waals surface area contributed by atoms with E-state index < -0.39 is 0 Å². The van der Waals surface area contributed by atoms with Gasteiger partial charge in [0.15, 0.2) is 0 Å². The molecule has 18 aromatic carbocycles. The molecule has 0 spiro atoms. The Labute approximate surface area is 628 Å². The zero-order valence-electron chi connectivity index (χ0n) is 59.3. The smallest absolute Gasteiger partial charge is 0.0541 e. The summed E-state index contributed by atoms with van der Waals surface area (Å²) in [5.41, 5.74) is 22.7. The van der Waals surface area contributed by atoms with Gasteiger partial charge in [-0.15, -0.1) is 0 Å². The van der Waals surface area contributed by atoms with E-state index in [2.05, 4.69) is 466 Å². The third-order valence-corrected chi connectivity index (χ3v) is 20.9. The van der Waals surface area contributed by atoms with E-state index in [1.54, 1.807) is 0 Å². The molecule has 0 N–H and O–H groups in total. The van der Waals surface area contributed by atoms with Crippen LogP contribution in [0.4, 0.5) is 68.2 Å². The molecular formula is C102H72N6. The lowest BCUT2D eigenvalue weighted by Gasteiger charge is -2.31. The molecule has 0 fully saturated rings. The third kappa shape index (κ3) is 12.0. The average Bonchev–Trinajstić information content (AvgIpc) is 1.52. The van der Waals surface area contributed by atoms with Crippen LogP contribution in [-0.4, -0.2) is 9.13 Å². The minimum absolute atomic E-state index is 1.04. The highest BCUT2D eigenvalue weighted by Gasteiger charge is 2.23. The summed E-state index contributed by atoms with van der Waals surface area (Å²) in [7, 11) is 0. The van der Waals surface area contributed by atoms with Crippen LogP contribution in [0.5, 0.6) is 0 Å². The van der Waals surface area contributed by atoms with Crippen molar-refractivity contribution in [2.45, 2.75) is 0 Å². The van der Waals surface area contributed by atoms with E-state index >= 15 is 0 Å². The maximum Gasteiger partial charge on any atom is 0.0541 e. The zero-order valence-corrected chi connectivity index (χ0v) is 59.3. The second kappa shape index (κ2) is 28.3. The second-order valence-corrected chi connectivity index (χ2v) is 27.2. The van der Waals surface area contributed by atoms with Crippen molar-refractivity contribution in [2.24, 2.45) is 0 Å². The molecule has 0 radical (unpaired) electrons. The van der Waals surface area contributed by atoms with Crippen LogP contribution in [0, 0.1) is 0 Å². The van der Waals surface area contributed by atoms with Crippen LogP contribution in [0.15, 0.2) is 437 Å². The van der Waals surface area contributed by atoms with Gasteiger partial charge in [-0.1, -0.05) is 261 Å². The molecule has 6 nitrogen and oxygen atoms in total. The van der Waals surface area contributed by atoms with Gasteiger partial charge in [-0.2, -0.15) is 0 Å². The summed E-state index contributed by atoms with van der Waals surface area (Å²) in [6.45, 7) is 0. The molecule has 2 aromatic heterocycles. The van der Waals surface area contributed by atoms with Crippen LogP contribution in [0.2, 0.25) is 0 Å². The number of nitrogens with zero attached hydrogens (tertiary/aromatic N) is 6. The molecule has 0 aliphatic heterocycles. The van der Waals surface area contributed by atoms with Crippen molar-refractivity contribution in [1.82, 2.24) is 9.13 Å². The largest absolute Gasteiger partial charge is 0.310 e. The first-order chi connectivity index (χ1) is 53.6. The molecule has 0 saturated heterocycles. The van der Waals surface area contributed by atoms with Gasteiger partial charge in [-0.3, -0.25) is 0 Å². The summed E-state index contributed by atoms with van der Waals surface area (Å²) in [5.74, 6) is 0. The van der Waals surface area contributed by atoms with Crippen LogP contribution in [-0.2, 0) is 0 Å². The number of hydrogen-bond donors (Lipinski definition) is 0. The van der Waals surface area contributed by atoms with Crippen molar-refractivity contribution in [2.75, 3.05) is 19.6 Å². The van der Waals surface area contributed by atoms with Gasteiger partial charge in [0, 0.05) is 100 Å². The number of hydrogen-bond acceptors (Lipinski definition) is 4. The van der Waals surface area contributed by atoms with Gasteiger partial charge < -0.3 is 28.7 Å². The van der Waals surface area contributed by atoms with E-state index in [4.69, 9.17) is 0 Å². The highest BCUT2D eigenvalue weighted by atomic mass is 15.2. The van der Waals surface area contributed by atoms with Crippen LogP contribution in [0.25, 0.3) is 98.4 Å². The van der Waals surface area contributed by atoms with Gasteiger partial charge in [0.2, 0.25) is 0 Å². The third-order valence-electron chi connectivity index (χ3n) is 20.9. The Bertz CT molecular complexity index is 5920. The molecule has 0 amide bonds. The molecule has 0 aliphatic rings. The minimum Gasteiger partial charge on any atom is -0.310 e. The van der Waals surface area contributed by atoms with Gasteiger partial charge in [0.05, 0.1) is 39.1 Å². The highest BCUT2D eigenvalue weighted by Crippen LogP contribution is 2.47. The fourth-order valence-corrected chi connectivity index (χ4v) is 15.9. The normalized spacial score (nSPS) is 11.3. The van der Waals surface area contributed by atoms with Gasteiger partial charge in [0.1, 0.15) is 0 Å². The summed E-state index contributed by atoms with van der Waals surface area (Å²) in [4.78, 5) is 9.43. The van der Waals surface area contributed by atoms with Crippen molar-refractivity contribution < 1.29 is 0 Å². The molecule has 0 unspecified atom stereocenters. The summed E-state index contributed by atoms with van der Waals surface area (Å²) >= 11 is 0. The van der Waals surface area contributed by atoms with Crippen LogP contribution in [0.3, 0.4) is 0 Å². The minimum atomic E-state index is 1.04. The number of aromatic nitrogens is 2. The van der Waals surface area contributed by atoms with Crippen molar-refractivity contribution in [1.29, 1.82) is 0 Å². The van der Waals surface area contributed by atoms with Crippen LogP contribution in [0.1, 0.15) is 0 Å². The van der Waals surface area contributed by atoms with Crippen molar-refractivity contribution >= 4 is 144 Å². The first-order valence-electron chi connectivity index (χ1n) is 36.9. The SMILES string of the molecule is c1ccc(N(c2ccc(N(c3ccc(N(c4ccccc4)c4cccc5ccccc45)cc3)c3ccc(N(c4ccccc4)c4cccc5ccccc45)cc3)cc2)c2cccc3ccccc23)cc1.c1ccc2c(c1)c1ccccc1n2-c1ccc(-c2ccc(-n3c4ccccc4c4ccccc43)cc2)cc1. The van der Waals surface area contributed by atoms with Crippen molar-refractivity contribution in [3.05, 3.63) is 437 Å². The van der Waals surface area contributed by atoms with E-state index in [-0.39, 0.29) is 0 Å². The predicted octanol–water partition coefficient (Wildman–Crippen LogP) is 28.6. The van der Waals surface area contributed by atoms with Crippen LogP contribution < -0.4 is 19.6 Å². The van der Waals surface area contributed by atoms with Crippen molar-refractivity contribution in [3.63, 3.8) is 0 Å². The summed E-state index contributed by atoms with van der Waals surface area (Å²) in [6.07, 6.45) is 0. The summed E-state index contributed by atoms with van der Waals surface area (Å²) in [5, 5.41) is 12.3. The van der Waals surface area contributed by atoms with E-state index in [9.17, 15) is 0 Å². The molecule has 0 atom stereocenters. The number of fused-ring (bicyclic) bond motifs is 9. The molecule has 0 aliphatic carbocycles. The Morgan fingerprint density at radius 3 is 0.611 bits per heavy atom. The molecular weight excluding hydrogens is 1310 g/mol. The van der Waals surface area contributed by atoms with E-state index in [1.807, 2.05) is 0 Å². The lowest BCUT2D eigenvalue weighted by molar-refractivity contribution is 1.18. The van der Waals surface area contributed by atoms with Gasteiger partial charge in [-0.05, 0) is 203 Å². The summed E-state index contributed by atoms with van der Waals surface area (Å²) < 4.78 is 4.72. The molecule has 108 heavy (non-hydrogen) atoms. The second-order valence-electron chi connectivity index (χ2n) is 27.2. The Hall–Kier alpha value is -14.5. The topological polar surface area (TPSA) is 22.8 Å². The van der Waals surface area contributed by atoms with Gasteiger partial charge >= 0.3 is 0 Å². The van der Waals surface area contributed by atoms with E-state index in [0.29, 0.717) is 0 Å². The van der Waals surface area contributed by atoms with Gasteiger partial charge in [0.25, 0.3) is 0 Å². The highest BCUT2D eigenvalue weighted by molar-refractivity contribution is 6.11. The standard InChI is InChI=1S/C66H48N4.C36H24N2/c1-4-25-52(26-5-1)68(64-34-16-22-49-19-10-13-31-61(49)64)58-43-37-55(38-44-58)67(56-39-45-59(46-40-56)69(53-27-6-2-7-28-53)65-35-17-23-50-20-11-14-32-62(50)65)57-41-47-60(48-42-57)70(54-29-8-3-9-30-54)66-36-18-24-51-21-12-15-33-63(51)66;1-5-13-33-29(9-1)30-10-2-6-14-34(30)37(33)27-21-17-25(18-22-27)26-19-23-28(24-20-26)38-35-15-7-3-11-31(35)32-12-4-8-16-36(32)38/h1-48H;1-24H. The molecule has 510 valence electrons. The molecule has 20 aromatic rings. The Morgan fingerprint density at radius 2 is 0.343 bits per heavy atom. The molecule has 0 saturated carbocycles. The lowest BCUT2D eigenvalue weighted by Crippen LogP contribution is -2.14. The Morgan fingerprint density at radius 1 is 0.139 bits per heavy atom. The maximum atomic E-state index is 2.36. The van der Waals surface area contributed by atoms with E-state index in [0.717, 1.165) is 68.2 Å². The molecule has 6 heteroatoms. The fourth-order valence-electron chi connectivity index (χ4n) is 15.9. The monoisotopic (exact) mass is 1380 g/mol. The first-order valence-corrected chi connectivity index (χ1v) is 36.9. The number of rotatable bonds is 15. The summed E-state index contributed by atoms with van der Waals surface area (Å²) in [6, 6.07) is 157. The van der Waals surface area contributed by atoms with Crippen LogP contribution >= 0.6 is 0 Å². The average molecular weight is 1380 g/mol. The zero-order chi connectivity index (χ0) is 71.7. The molecule has 2 heterocycles. The predicted molar refractivity (Wildman–Crippen MR) is 458 cm³/mol. The number of para-hydroxylation sites is 7. The first kappa shape index (κ1) is 64.4. The Kier molecular flexibility index (Phi) is 16.9. The molecule has 0 bridgehead atoms.